The first-order valence-corrected chi connectivity index (χ1v) is 4.60. The fraction of sp³-hybridized carbons (Fsp3) is 0.889. The molecule has 2 fully saturated rings. The Balaban J connectivity index is 1.86. The first-order chi connectivity index (χ1) is 5.79. The van der Waals surface area contributed by atoms with Crippen LogP contribution in [0.25, 0.3) is 0 Å². The third-order valence-electron chi connectivity index (χ3n) is 3.08. The van der Waals surface area contributed by atoms with Gasteiger partial charge in [0.05, 0.1) is 13.7 Å². The van der Waals surface area contributed by atoms with Gasteiger partial charge >= 0.3 is 5.97 Å². The van der Waals surface area contributed by atoms with Crippen molar-refractivity contribution >= 4 is 5.97 Å². The summed E-state index contributed by atoms with van der Waals surface area (Å²) in [7, 11) is 1.46. The fourth-order valence-electron chi connectivity index (χ4n) is 2.45. The highest BCUT2D eigenvalue weighted by atomic mass is 16.5. The van der Waals surface area contributed by atoms with Crippen LogP contribution >= 0.6 is 0 Å². The van der Waals surface area contributed by atoms with Crippen molar-refractivity contribution in [3.63, 3.8) is 0 Å². The van der Waals surface area contributed by atoms with Gasteiger partial charge in [-0.3, -0.25) is 9.69 Å². The molecule has 0 amide bonds. The third-order valence-corrected chi connectivity index (χ3v) is 3.08. The van der Waals surface area contributed by atoms with Gasteiger partial charge in [-0.15, -0.1) is 0 Å². The second-order valence-electron chi connectivity index (χ2n) is 3.84. The van der Waals surface area contributed by atoms with Crippen molar-refractivity contribution in [3.8, 4) is 0 Å². The van der Waals surface area contributed by atoms with Gasteiger partial charge in [-0.05, 0) is 25.2 Å². The monoisotopic (exact) mass is 169 g/mol. The molecule has 2 rings (SSSR count). The maximum absolute atomic E-state index is 11.0. The molecule has 0 N–H and O–H groups in total. The number of likely N-dealkylation sites (tertiary alicyclic amines) is 1. The van der Waals surface area contributed by atoms with E-state index in [9.17, 15) is 4.79 Å². The number of ether oxygens (including phenoxy) is 1. The molecule has 68 valence electrons. The molecule has 1 saturated heterocycles. The molecule has 1 heterocycles. The summed E-state index contributed by atoms with van der Waals surface area (Å²) in [5.74, 6) is 0.766. The Morgan fingerprint density at radius 2 is 2.42 bits per heavy atom. The average molecular weight is 169 g/mol. The molecule has 3 nitrogen and oxygen atoms in total. The Bertz CT molecular complexity index is 193. The minimum atomic E-state index is -0.0949. The minimum absolute atomic E-state index is 0.0949. The lowest BCUT2D eigenvalue weighted by Gasteiger charge is -2.24. The number of fused-ring (bicyclic) bond motifs is 2. The zero-order valence-electron chi connectivity index (χ0n) is 7.45. The zero-order valence-corrected chi connectivity index (χ0v) is 7.45. The summed E-state index contributed by atoms with van der Waals surface area (Å²) in [4.78, 5) is 13.2. The molecule has 1 aliphatic heterocycles. The Morgan fingerprint density at radius 3 is 2.92 bits per heavy atom. The standard InChI is InChI=1S/C9H15NO2/c1-12-9(11)6-10-5-7-2-3-8(10)4-7/h7-8H,2-6H2,1H3. The van der Waals surface area contributed by atoms with Crippen molar-refractivity contribution in [3.05, 3.63) is 0 Å². The third kappa shape index (κ3) is 1.33. The van der Waals surface area contributed by atoms with Crippen LogP contribution in [-0.2, 0) is 9.53 Å². The topological polar surface area (TPSA) is 29.5 Å². The first kappa shape index (κ1) is 8.05. The number of methoxy groups -OCH3 is 1. The van der Waals surface area contributed by atoms with Crippen LogP contribution in [0.4, 0.5) is 0 Å². The number of hydrogen-bond donors (Lipinski definition) is 0. The van der Waals surface area contributed by atoms with Crippen LogP contribution in [0.15, 0.2) is 0 Å². The normalized spacial score (nSPS) is 34.1. The van der Waals surface area contributed by atoms with E-state index in [0.29, 0.717) is 12.6 Å². The first-order valence-electron chi connectivity index (χ1n) is 4.60. The Labute approximate surface area is 72.7 Å². The molecule has 0 radical (unpaired) electrons. The van der Waals surface area contributed by atoms with E-state index < -0.39 is 0 Å². The van der Waals surface area contributed by atoms with Crippen molar-refractivity contribution in [1.82, 2.24) is 4.90 Å². The Morgan fingerprint density at radius 1 is 1.58 bits per heavy atom. The van der Waals surface area contributed by atoms with Gasteiger partial charge in [0.15, 0.2) is 0 Å². The summed E-state index contributed by atoms with van der Waals surface area (Å²) in [6.45, 7) is 1.61. The Hall–Kier alpha value is -0.570. The molecule has 1 aliphatic carbocycles. The summed E-state index contributed by atoms with van der Waals surface area (Å²) in [5.41, 5.74) is 0. The van der Waals surface area contributed by atoms with Crippen LogP contribution in [0.5, 0.6) is 0 Å². The molecule has 2 aliphatic rings. The molecule has 0 aromatic rings. The molecule has 1 saturated carbocycles. The molecular formula is C9H15NO2. The second-order valence-corrected chi connectivity index (χ2v) is 3.84. The average Bonchev–Trinajstić information content (AvgIpc) is 2.64. The van der Waals surface area contributed by atoms with Crippen LogP contribution in [0.2, 0.25) is 0 Å². The van der Waals surface area contributed by atoms with E-state index in [-0.39, 0.29) is 5.97 Å². The minimum Gasteiger partial charge on any atom is -0.468 e. The molecule has 2 bridgehead atoms. The predicted molar refractivity (Wildman–Crippen MR) is 44.7 cm³/mol. The predicted octanol–water partition coefficient (Wildman–Crippen LogP) is 0.644. The molecular weight excluding hydrogens is 154 g/mol. The lowest BCUT2D eigenvalue weighted by molar-refractivity contribution is -0.142. The maximum Gasteiger partial charge on any atom is 0.319 e. The van der Waals surface area contributed by atoms with E-state index in [4.69, 9.17) is 0 Å². The van der Waals surface area contributed by atoms with E-state index in [1.807, 2.05) is 0 Å². The molecule has 0 aromatic heterocycles. The molecule has 12 heavy (non-hydrogen) atoms. The van der Waals surface area contributed by atoms with Gasteiger partial charge in [0.1, 0.15) is 0 Å². The number of esters is 1. The van der Waals surface area contributed by atoms with E-state index in [2.05, 4.69) is 9.64 Å². The van der Waals surface area contributed by atoms with Crippen molar-refractivity contribution in [2.45, 2.75) is 25.3 Å². The number of nitrogens with zero attached hydrogens (tertiary/aromatic N) is 1. The second kappa shape index (κ2) is 3.05. The quantitative estimate of drug-likeness (QED) is 0.568. The van der Waals surface area contributed by atoms with E-state index >= 15 is 0 Å². The highest BCUT2D eigenvalue weighted by Gasteiger charge is 2.38. The summed E-state index contributed by atoms with van der Waals surface area (Å²) in [6, 6.07) is 0.675. The van der Waals surface area contributed by atoms with Crippen molar-refractivity contribution < 1.29 is 9.53 Å². The summed E-state index contributed by atoms with van der Waals surface area (Å²) in [6.07, 6.45) is 3.95. The van der Waals surface area contributed by atoms with Gasteiger partial charge in [0.25, 0.3) is 0 Å². The van der Waals surface area contributed by atoms with Gasteiger partial charge in [-0.25, -0.2) is 0 Å². The smallest absolute Gasteiger partial charge is 0.319 e. The highest BCUT2D eigenvalue weighted by Crippen LogP contribution is 2.36. The highest BCUT2D eigenvalue weighted by molar-refractivity contribution is 5.71. The van der Waals surface area contributed by atoms with Gasteiger partial charge in [0, 0.05) is 12.6 Å². The van der Waals surface area contributed by atoms with Crippen molar-refractivity contribution in [1.29, 1.82) is 0 Å². The summed E-state index contributed by atoms with van der Waals surface area (Å²) >= 11 is 0. The van der Waals surface area contributed by atoms with Crippen LogP contribution < -0.4 is 0 Å². The van der Waals surface area contributed by atoms with Gasteiger partial charge in [0.2, 0.25) is 0 Å². The maximum atomic E-state index is 11.0. The molecule has 3 heteroatoms. The molecule has 2 unspecified atom stereocenters. The lowest BCUT2D eigenvalue weighted by atomic mass is 10.1. The van der Waals surface area contributed by atoms with Gasteiger partial charge < -0.3 is 4.74 Å². The largest absolute Gasteiger partial charge is 0.468 e. The number of carbonyl (C=O) groups excluding carboxylic acids is 1. The lowest BCUT2D eigenvalue weighted by Crippen LogP contribution is -2.36. The van der Waals surface area contributed by atoms with Gasteiger partial charge in [-0.2, -0.15) is 0 Å². The van der Waals surface area contributed by atoms with Crippen LogP contribution in [0.3, 0.4) is 0 Å². The number of piperidine rings is 1. The number of carbonyl (C=O) groups is 1. The van der Waals surface area contributed by atoms with Crippen molar-refractivity contribution in [2.24, 2.45) is 5.92 Å². The molecule has 0 spiro atoms. The van der Waals surface area contributed by atoms with E-state index in [1.54, 1.807) is 0 Å². The molecule has 0 aromatic carbocycles. The van der Waals surface area contributed by atoms with Gasteiger partial charge in [-0.1, -0.05) is 0 Å². The zero-order chi connectivity index (χ0) is 8.55. The number of hydrogen-bond acceptors (Lipinski definition) is 3. The summed E-state index contributed by atoms with van der Waals surface area (Å²) < 4.78 is 4.64. The van der Waals surface area contributed by atoms with Crippen molar-refractivity contribution in [2.75, 3.05) is 20.2 Å². The van der Waals surface area contributed by atoms with E-state index in [1.165, 1.54) is 26.4 Å². The summed E-state index contributed by atoms with van der Waals surface area (Å²) in [5, 5.41) is 0. The SMILES string of the molecule is COC(=O)CN1CC2CCC1C2. The van der Waals surface area contributed by atoms with E-state index in [0.717, 1.165) is 12.5 Å². The van der Waals surface area contributed by atoms with Crippen LogP contribution in [-0.4, -0.2) is 37.1 Å². The number of rotatable bonds is 2. The fourth-order valence-corrected chi connectivity index (χ4v) is 2.45. The van der Waals surface area contributed by atoms with Crippen LogP contribution in [0, 0.1) is 5.92 Å². The Kier molecular flexibility index (Phi) is 2.05. The molecule has 2 atom stereocenters. The van der Waals surface area contributed by atoms with Crippen LogP contribution in [0.1, 0.15) is 19.3 Å².